The third-order valence-electron chi connectivity index (χ3n) is 11.5. The van der Waals surface area contributed by atoms with E-state index in [1.807, 2.05) is 70.7 Å². The highest BCUT2D eigenvalue weighted by molar-refractivity contribution is 14.1. The summed E-state index contributed by atoms with van der Waals surface area (Å²) < 4.78 is 29.8. The van der Waals surface area contributed by atoms with E-state index in [0.717, 1.165) is 22.6 Å². The van der Waals surface area contributed by atoms with Gasteiger partial charge in [0.2, 0.25) is 5.90 Å². The third-order valence-corrected chi connectivity index (χ3v) is 13.1. The van der Waals surface area contributed by atoms with Gasteiger partial charge in [0, 0.05) is 49.7 Å². The van der Waals surface area contributed by atoms with Gasteiger partial charge in [-0.15, -0.1) is 4.78 Å². The molecule has 0 bridgehead atoms. The molecule has 1 saturated carbocycles. The monoisotopic (exact) mass is 1270 g/mol. The molecule has 0 spiro atoms. The number of nitrogens with zero attached hydrogens (tertiary/aromatic N) is 13. The lowest BCUT2D eigenvalue weighted by atomic mass is 9.77. The largest absolute Gasteiger partial charge is 0.470 e. The third kappa shape index (κ3) is 21.4. The summed E-state index contributed by atoms with van der Waals surface area (Å²) in [6.45, 7) is 16.9. The van der Waals surface area contributed by atoms with Crippen LogP contribution in [0.2, 0.25) is 19.6 Å². The molecule has 1 aromatic heterocycles. The van der Waals surface area contributed by atoms with Gasteiger partial charge in [0.15, 0.2) is 12.2 Å². The maximum atomic E-state index is 12.1. The normalized spacial score (nSPS) is 22.4. The molecule has 3 aliphatic carbocycles. The molecule has 10 atom stereocenters. The average molecular weight is 1270 g/mol. The van der Waals surface area contributed by atoms with Gasteiger partial charge in [-0.3, -0.25) is 49.3 Å². The fourth-order valence-electron chi connectivity index (χ4n) is 8.23. The second-order valence-electron chi connectivity index (χ2n) is 19.8. The number of halogens is 1. The number of aliphatic imine (C=N–C) groups is 1. The van der Waals surface area contributed by atoms with E-state index in [-0.39, 0.29) is 38.2 Å². The zero-order valence-corrected chi connectivity index (χ0v) is 49.8. The summed E-state index contributed by atoms with van der Waals surface area (Å²) in [4.78, 5) is 105. The molecule has 2 heterocycles. The fraction of sp³-hybridized carbons (Fsp3) is 0.510. The lowest BCUT2D eigenvalue weighted by molar-refractivity contribution is -0.545. The Morgan fingerprint density at radius 1 is 0.817 bits per heavy atom. The van der Waals surface area contributed by atoms with Crippen LogP contribution in [0, 0.1) is 35.6 Å². The molecule has 82 heavy (non-hydrogen) atoms. The van der Waals surface area contributed by atoms with Gasteiger partial charge in [-0.2, -0.15) is 4.89 Å². The number of allylic oxidation sites excluding steroid dienone is 1. The van der Waals surface area contributed by atoms with Crippen molar-refractivity contribution in [1.82, 2.24) is 4.98 Å². The van der Waals surface area contributed by atoms with E-state index in [2.05, 4.69) is 81.6 Å². The van der Waals surface area contributed by atoms with Gasteiger partial charge >= 0.3 is 29.8 Å². The Kier molecular flexibility index (Phi) is 27.3. The molecule has 1 aliphatic heterocycles. The Balaban J connectivity index is 0.000000279. The molecule has 29 nitrogen and oxygen atoms in total. The Morgan fingerprint density at radius 2 is 1.41 bits per heavy atom. The smallest absolute Gasteiger partial charge is 0.374 e. The summed E-state index contributed by atoms with van der Waals surface area (Å²) >= 11 is 2.08. The summed E-state index contributed by atoms with van der Waals surface area (Å²) in [7, 11) is -1.45. The second-order valence-corrected chi connectivity index (χ2v) is 25.5. The number of ether oxygens (including phenoxy) is 5. The highest BCUT2D eigenvalue weighted by Gasteiger charge is 2.56. The molecular weight excluding hydrogens is 1210 g/mol. The fourth-order valence-corrected chi connectivity index (χ4v) is 9.11. The number of hydrogen-bond acceptors (Lipinski definition) is 21. The molecule has 0 saturated heterocycles. The zero-order valence-electron chi connectivity index (χ0n) is 46.6. The predicted molar refractivity (Wildman–Crippen MR) is 304 cm³/mol. The Morgan fingerprint density at radius 3 is 1.94 bits per heavy atom. The van der Waals surface area contributed by atoms with Crippen LogP contribution in [-0.2, 0) is 59.1 Å². The minimum atomic E-state index is -1.69. The van der Waals surface area contributed by atoms with Crippen molar-refractivity contribution in [2.75, 3.05) is 13.2 Å². The summed E-state index contributed by atoms with van der Waals surface area (Å²) in [5, 5.41) is 29.3. The Hall–Kier alpha value is -8.21. The van der Waals surface area contributed by atoms with Gasteiger partial charge in [-0.25, -0.2) is 9.79 Å². The van der Waals surface area contributed by atoms with Crippen LogP contribution < -0.4 is 0 Å². The zero-order chi connectivity index (χ0) is 61.3. The van der Waals surface area contributed by atoms with Crippen LogP contribution >= 0.6 is 22.6 Å². The topological polar surface area (TPSA) is 408 Å². The number of pyridine rings is 1. The van der Waals surface area contributed by atoms with Crippen molar-refractivity contribution < 1.29 is 67.3 Å². The summed E-state index contributed by atoms with van der Waals surface area (Å²) in [5.74, 6) is -5.03. The van der Waals surface area contributed by atoms with E-state index in [4.69, 9.17) is 55.0 Å². The standard InChI is InChI=1S/C15H12N2O.C11H13IO3.C11H15N7O6.C11H15NO6.C3H9N3Si/c1-2-6-11-10(5-1)9-13-14(11)17-15(18-13)12-7-3-4-8-16-12;1-11(2,3)15-14-10(13)8-6-4-5-7-9(8)12;1-3-23-11(20)6-4-7(14-16-12)8(15-17-13)10(24-5(2)19)9(6)18(21)22;1-3-17-11(14)8-5-4-6-9(18-7(2)13)10(8)12(15)16;1-7(2,3)6-5-4/h1-8,13-14H,9H2;4-7H,1-3H3;6-10H,3-4H2,1-2H3;4,6,8-10H,3,5H2,1-2H3;1-3H3/t;;6-,7-,8+,9+,10-;8-,9-,10+;/m..00./s1. The quantitative estimate of drug-likeness (QED) is 0.0124. The molecule has 1 fully saturated rings. The number of benzene rings is 2. The number of aromatic nitrogens is 1. The number of carbonyl (C=O) groups is 5. The van der Waals surface area contributed by atoms with Crippen molar-refractivity contribution in [3.63, 3.8) is 0 Å². The lowest BCUT2D eigenvalue weighted by Crippen LogP contribution is -2.58. The SMILES string of the molecule is CC(C)(C)OOC(=O)c1ccccc1I.CCOC(=O)[C@H]1CC=C[C@H](OC(C)=O)[C@@H]1[N+](=O)[O-].CCOC(=O)[C@H]1C[C@H](N=[N+]=[N-])[C@@H](N=[N+]=[N-])[C@H](OC(C)=O)[C@@H]1[N+](=O)[O-].C[Si](C)(C)N=[N+]=[N-].c1ccc(C2=NC3c4ccccc4CC3O2)nc1. The Bertz CT molecular complexity index is 2940. The summed E-state index contributed by atoms with van der Waals surface area (Å²) in [6.07, 6.45) is 3.24. The molecule has 7 rings (SSSR count). The molecule has 2 aromatic carbocycles. The van der Waals surface area contributed by atoms with Crippen LogP contribution in [0.15, 0.2) is 105 Å². The van der Waals surface area contributed by atoms with E-state index < -0.39 is 102 Å². The van der Waals surface area contributed by atoms with Crippen LogP contribution in [0.5, 0.6) is 0 Å². The lowest BCUT2D eigenvalue weighted by Gasteiger charge is -2.37. The summed E-state index contributed by atoms with van der Waals surface area (Å²) in [6, 6.07) is 16.2. The first kappa shape index (κ1) is 68.1. The van der Waals surface area contributed by atoms with Gasteiger partial charge in [0.05, 0.1) is 30.9 Å². The number of azide groups is 3. The summed E-state index contributed by atoms with van der Waals surface area (Å²) in [5.41, 5.74) is 28.7. The first-order valence-corrected chi connectivity index (χ1v) is 29.9. The van der Waals surface area contributed by atoms with E-state index >= 15 is 0 Å². The molecule has 0 N–H and O–H groups in total. The maximum Gasteiger partial charge on any atom is 0.374 e. The van der Waals surface area contributed by atoms with Crippen LogP contribution in [0.3, 0.4) is 0 Å². The van der Waals surface area contributed by atoms with Crippen molar-refractivity contribution in [2.45, 2.75) is 141 Å². The van der Waals surface area contributed by atoms with Crippen LogP contribution in [-0.4, -0.2) is 120 Å². The highest BCUT2D eigenvalue weighted by Crippen LogP contribution is 2.40. The number of hydrogen-bond donors (Lipinski definition) is 0. The average Bonchev–Trinajstić information content (AvgIpc) is 3.99. The molecule has 4 aliphatic rings. The van der Waals surface area contributed by atoms with Crippen LogP contribution in [0.4, 0.5) is 0 Å². The number of nitro groups is 2. The minimum Gasteiger partial charge on any atom is -0.470 e. The van der Waals surface area contributed by atoms with Crippen molar-refractivity contribution in [1.29, 1.82) is 0 Å². The van der Waals surface area contributed by atoms with Crippen LogP contribution in [0.1, 0.15) is 94.5 Å². The molecular formula is C51H64IN13O16Si. The Labute approximate surface area is 485 Å². The van der Waals surface area contributed by atoms with E-state index in [1.54, 1.807) is 31.3 Å². The minimum absolute atomic E-state index is 0.00996. The van der Waals surface area contributed by atoms with Crippen molar-refractivity contribution >= 4 is 66.6 Å². The first-order valence-electron chi connectivity index (χ1n) is 25.4. The number of rotatable bonds is 14. The molecule has 0 radical (unpaired) electrons. The first-order chi connectivity index (χ1) is 38.7. The van der Waals surface area contributed by atoms with Gasteiger partial charge in [-0.1, -0.05) is 78.4 Å². The number of esters is 4. The van der Waals surface area contributed by atoms with Gasteiger partial charge in [0.1, 0.15) is 43.5 Å². The second kappa shape index (κ2) is 32.9. The van der Waals surface area contributed by atoms with E-state index in [1.165, 1.54) is 31.1 Å². The molecule has 31 heteroatoms. The highest BCUT2D eigenvalue weighted by atomic mass is 127. The number of fused-ring (bicyclic) bond motifs is 3. The molecule has 3 aromatic rings. The van der Waals surface area contributed by atoms with Crippen LogP contribution in [0.25, 0.3) is 31.3 Å². The predicted octanol–water partition coefficient (Wildman–Crippen LogP) is 10.0. The van der Waals surface area contributed by atoms with Crippen molar-refractivity contribution in [3.8, 4) is 0 Å². The van der Waals surface area contributed by atoms with Crippen molar-refractivity contribution in [2.24, 2.45) is 31.8 Å². The van der Waals surface area contributed by atoms with E-state index in [9.17, 15) is 44.2 Å². The molecule has 0 amide bonds. The number of carbonyl (C=O) groups excluding carboxylic acids is 5. The van der Waals surface area contributed by atoms with Gasteiger partial charge in [0.25, 0.3) is 12.1 Å². The molecule has 2 unspecified atom stereocenters. The molecule has 440 valence electrons. The van der Waals surface area contributed by atoms with Crippen molar-refractivity contribution in [3.05, 3.63) is 163 Å². The van der Waals surface area contributed by atoms with E-state index in [0.29, 0.717) is 11.5 Å². The van der Waals surface area contributed by atoms with Gasteiger partial charge < -0.3 is 23.7 Å². The van der Waals surface area contributed by atoms with Gasteiger partial charge in [-0.05, 0) is 133 Å². The maximum absolute atomic E-state index is 12.1.